The van der Waals surface area contributed by atoms with Gasteiger partial charge in [-0.05, 0) is 43.0 Å². The number of piperazine rings is 1. The van der Waals surface area contributed by atoms with Gasteiger partial charge in [0.1, 0.15) is 5.82 Å². The number of hydrogen-bond donors (Lipinski definition) is 2. The van der Waals surface area contributed by atoms with Gasteiger partial charge in [0.2, 0.25) is 10.0 Å². The predicted molar refractivity (Wildman–Crippen MR) is 103 cm³/mol. The van der Waals surface area contributed by atoms with Gasteiger partial charge in [0.25, 0.3) is 0 Å². The third kappa shape index (κ3) is 6.48. The minimum absolute atomic E-state index is 0.179. The Bertz CT molecular complexity index is 794. The molecule has 29 heavy (non-hydrogen) atoms. The Balaban J connectivity index is 0.000000438. The van der Waals surface area contributed by atoms with Crippen LogP contribution in [-0.2, 0) is 19.6 Å². The van der Waals surface area contributed by atoms with Gasteiger partial charge in [-0.2, -0.15) is 4.31 Å². The second-order valence-corrected chi connectivity index (χ2v) is 9.37. The summed E-state index contributed by atoms with van der Waals surface area (Å²) in [5.74, 6) is -3.29. The Morgan fingerprint density at radius 3 is 2.03 bits per heavy atom. The molecule has 2 fully saturated rings. The number of rotatable bonds is 3. The van der Waals surface area contributed by atoms with E-state index in [4.69, 9.17) is 19.8 Å². The first kappa shape index (κ1) is 23.2. The van der Waals surface area contributed by atoms with E-state index in [1.807, 2.05) is 0 Å². The Hall–Kier alpha value is -2.04. The lowest BCUT2D eigenvalue weighted by atomic mass is 9.86. The Labute approximate surface area is 170 Å². The van der Waals surface area contributed by atoms with Gasteiger partial charge < -0.3 is 10.2 Å². The first-order valence-electron chi connectivity index (χ1n) is 9.57. The molecule has 1 saturated heterocycles. The first-order valence-corrected chi connectivity index (χ1v) is 11.0. The highest BCUT2D eigenvalue weighted by atomic mass is 32.2. The lowest BCUT2D eigenvalue weighted by molar-refractivity contribution is -0.159. The predicted octanol–water partition coefficient (Wildman–Crippen LogP) is 1.87. The van der Waals surface area contributed by atoms with Crippen molar-refractivity contribution in [3.05, 3.63) is 30.1 Å². The molecule has 8 nitrogen and oxygen atoms in total. The fraction of sp³-hybridized carbons (Fsp3) is 0.579. The summed E-state index contributed by atoms with van der Waals surface area (Å²) >= 11 is 0. The van der Waals surface area contributed by atoms with Crippen molar-refractivity contribution in [1.82, 2.24) is 9.21 Å². The van der Waals surface area contributed by atoms with Crippen LogP contribution in [0.3, 0.4) is 0 Å². The molecule has 2 aliphatic rings. The van der Waals surface area contributed by atoms with Crippen LogP contribution >= 0.6 is 0 Å². The quantitative estimate of drug-likeness (QED) is 0.704. The summed E-state index contributed by atoms with van der Waals surface area (Å²) in [4.78, 5) is 20.8. The number of halogens is 1. The number of carboxylic acid groups (broad SMARTS) is 2. The van der Waals surface area contributed by atoms with E-state index in [9.17, 15) is 12.8 Å². The zero-order valence-electron chi connectivity index (χ0n) is 16.3. The first-order chi connectivity index (χ1) is 13.6. The van der Waals surface area contributed by atoms with E-state index < -0.39 is 27.8 Å². The SMILES string of the molecule is CC1CCCC(N2CCN(S(=O)(=O)c3ccc(F)cc3)CC2)C1.O=C(O)C(=O)O. The zero-order chi connectivity index (χ0) is 21.6. The van der Waals surface area contributed by atoms with E-state index in [1.54, 1.807) is 0 Å². The zero-order valence-corrected chi connectivity index (χ0v) is 17.1. The van der Waals surface area contributed by atoms with Crippen LogP contribution in [0, 0.1) is 11.7 Å². The number of carbonyl (C=O) groups is 2. The molecule has 1 aliphatic heterocycles. The molecule has 1 aromatic carbocycles. The van der Waals surface area contributed by atoms with Crippen LogP contribution in [0.2, 0.25) is 0 Å². The molecule has 2 unspecified atom stereocenters. The van der Waals surface area contributed by atoms with E-state index in [0.29, 0.717) is 19.1 Å². The molecule has 0 amide bonds. The number of aliphatic carboxylic acids is 2. The van der Waals surface area contributed by atoms with Gasteiger partial charge in [0, 0.05) is 32.2 Å². The Morgan fingerprint density at radius 2 is 1.55 bits per heavy atom. The van der Waals surface area contributed by atoms with Crippen LogP contribution in [0.4, 0.5) is 4.39 Å². The molecule has 1 aromatic rings. The van der Waals surface area contributed by atoms with Crippen LogP contribution in [0.5, 0.6) is 0 Å². The Kier molecular flexibility index (Phi) is 8.12. The number of benzene rings is 1. The van der Waals surface area contributed by atoms with E-state index in [2.05, 4.69) is 11.8 Å². The standard InChI is InChI=1S/C17H25FN2O2S.C2H2O4/c1-14-3-2-4-16(13-14)19-9-11-20(12-10-19)23(21,22)17-7-5-15(18)6-8-17;3-1(4)2(5)6/h5-8,14,16H,2-4,9-13H2,1H3;(H,3,4)(H,5,6). The highest BCUT2D eigenvalue weighted by Gasteiger charge is 2.32. The van der Waals surface area contributed by atoms with Gasteiger partial charge >= 0.3 is 11.9 Å². The van der Waals surface area contributed by atoms with Crippen molar-refractivity contribution >= 4 is 22.0 Å². The summed E-state index contributed by atoms with van der Waals surface area (Å²) in [7, 11) is -3.50. The average molecular weight is 430 g/mol. The second-order valence-electron chi connectivity index (χ2n) is 7.43. The van der Waals surface area contributed by atoms with Gasteiger partial charge in [0.05, 0.1) is 4.90 Å². The van der Waals surface area contributed by atoms with Gasteiger partial charge in [-0.1, -0.05) is 19.8 Å². The minimum atomic E-state index is -3.50. The monoisotopic (exact) mass is 430 g/mol. The topological polar surface area (TPSA) is 115 Å². The normalized spacial score (nSPS) is 23.7. The summed E-state index contributed by atoms with van der Waals surface area (Å²) in [6.45, 7) is 4.92. The van der Waals surface area contributed by atoms with Gasteiger partial charge in [-0.3, -0.25) is 4.90 Å². The van der Waals surface area contributed by atoms with Crippen LogP contribution in [0.1, 0.15) is 32.6 Å². The molecule has 0 radical (unpaired) electrons. The summed E-state index contributed by atoms with van der Waals surface area (Å²) in [5, 5.41) is 14.8. The molecule has 0 aromatic heterocycles. The maximum Gasteiger partial charge on any atom is 0.414 e. The highest BCUT2D eigenvalue weighted by molar-refractivity contribution is 7.89. The van der Waals surface area contributed by atoms with Crippen molar-refractivity contribution in [2.75, 3.05) is 26.2 Å². The van der Waals surface area contributed by atoms with Crippen LogP contribution in [-0.4, -0.2) is 72.0 Å². The van der Waals surface area contributed by atoms with Crippen molar-refractivity contribution in [3.8, 4) is 0 Å². The lowest BCUT2D eigenvalue weighted by Crippen LogP contribution is -2.52. The van der Waals surface area contributed by atoms with E-state index in [-0.39, 0.29) is 4.90 Å². The van der Waals surface area contributed by atoms with Gasteiger partial charge in [-0.15, -0.1) is 0 Å². The lowest BCUT2D eigenvalue weighted by Gasteiger charge is -2.41. The van der Waals surface area contributed by atoms with Gasteiger partial charge in [0.15, 0.2) is 0 Å². The highest BCUT2D eigenvalue weighted by Crippen LogP contribution is 2.28. The molecular weight excluding hydrogens is 403 g/mol. The number of sulfonamides is 1. The summed E-state index contributed by atoms with van der Waals surface area (Å²) in [6, 6.07) is 5.70. The number of carboxylic acids is 2. The fourth-order valence-electron chi connectivity index (χ4n) is 3.80. The van der Waals surface area contributed by atoms with Gasteiger partial charge in [-0.25, -0.2) is 22.4 Å². The third-order valence-electron chi connectivity index (χ3n) is 5.33. The number of nitrogens with zero attached hydrogens (tertiary/aromatic N) is 2. The number of hydrogen-bond acceptors (Lipinski definition) is 5. The van der Waals surface area contributed by atoms with E-state index >= 15 is 0 Å². The molecule has 0 spiro atoms. The van der Waals surface area contributed by atoms with Crippen molar-refractivity contribution in [2.24, 2.45) is 5.92 Å². The molecular formula is C19H27FN2O6S. The van der Waals surface area contributed by atoms with Crippen LogP contribution < -0.4 is 0 Å². The summed E-state index contributed by atoms with van der Waals surface area (Å²) in [5.41, 5.74) is 0. The minimum Gasteiger partial charge on any atom is -0.473 e. The molecule has 1 heterocycles. The Morgan fingerprint density at radius 1 is 1.00 bits per heavy atom. The molecule has 3 rings (SSSR count). The molecule has 1 saturated carbocycles. The van der Waals surface area contributed by atoms with Crippen molar-refractivity contribution in [2.45, 2.75) is 43.5 Å². The smallest absolute Gasteiger partial charge is 0.414 e. The molecule has 10 heteroatoms. The fourth-order valence-corrected chi connectivity index (χ4v) is 5.22. The maximum atomic E-state index is 13.0. The average Bonchev–Trinajstić information content (AvgIpc) is 2.69. The van der Waals surface area contributed by atoms with Crippen molar-refractivity contribution < 1.29 is 32.6 Å². The van der Waals surface area contributed by atoms with E-state index in [0.717, 1.165) is 19.0 Å². The maximum absolute atomic E-state index is 13.0. The van der Waals surface area contributed by atoms with Crippen LogP contribution in [0.25, 0.3) is 0 Å². The third-order valence-corrected chi connectivity index (χ3v) is 7.25. The van der Waals surface area contributed by atoms with Crippen molar-refractivity contribution in [3.63, 3.8) is 0 Å². The summed E-state index contributed by atoms with van der Waals surface area (Å²) < 4.78 is 39.8. The van der Waals surface area contributed by atoms with Crippen LogP contribution in [0.15, 0.2) is 29.2 Å². The molecule has 2 N–H and O–H groups in total. The molecule has 1 aliphatic carbocycles. The molecule has 2 atom stereocenters. The second kappa shape index (κ2) is 10.1. The molecule has 0 bridgehead atoms. The van der Waals surface area contributed by atoms with E-state index in [1.165, 1.54) is 54.3 Å². The van der Waals surface area contributed by atoms with Crippen molar-refractivity contribution in [1.29, 1.82) is 0 Å². The molecule has 162 valence electrons. The summed E-state index contributed by atoms with van der Waals surface area (Å²) in [6.07, 6.45) is 5.05. The largest absolute Gasteiger partial charge is 0.473 e.